The molecule has 0 saturated heterocycles. The molecular weight excluding hydrogens is 310 g/mol. The first-order valence-corrected chi connectivity index (χ1v) is 7.16. The SMILES string of the molecule is COCC(C)Oc1ccc(Br)cc1S(N)(=O)=O. The molecule has 0 amide bonds. The number of hydrogen-bond acceptors (Lipinski definition) is 4. The Morgan fingerprint density at radius 2 is 2.12 bits per heavy atom. The maximum atomic E-state index is 11.4. The molecule has 0 aromatic heterocycles. The minimum Gasteiger partial charge on any atom is -0.487 e. The van der Waals surface area contributed by atoms with E-state index in [0.29, 0.717) is 11.1 Å². The Kier molecular flexibility index (Phi) is 4.93. The second-order valence-electron chi connectivity index (χ2n) is 3.52. The molecule has 7 heteroatoms. The average molecular weight is 324 g/mol. The molecule has 0 saturated carbocycles. The molecule has 0 aliphatic heterocycles. The molecule has 1 aromatic rings. The van der Waals surface area contributed by atoms with Crippen LogP contribution in [-0.4, -0.2) is 28.2 Å². The van der Waals surface area contributed by atoms with Crippen LogP contribution < -0.4 is 9.88 Å². The van der Waals surface area contributed by atoms with Crippen molar-refractivity contribution < 1.29 is 17.9 Å². The summed E-state index contributed by atoms with van der Waals surface area (Å²) in [5.74, 6) is 0.222. The highest BCUT2D eigenvalue weighted by Crippen LogP contribution is 2.27. The molecule has 1 aromatic carbocycles. The van der Waals surface area contributed by atoms with E-state index in [0.717, 1.165) is 0 Å². The number of halogens is 1. The van der Waals surface area contributed by atoms with Gasteiger partial charge in [-0.2, -0.15) is 0 Å². The number of sulfonamides is 1. The van der Waals surface area contributed by atoms with Crippen LogP contribution in [0.4, 0.5) is 0 Å². The van der Waals surface area contributed by atoms with E-state index in [1.165, 1.54) is 6.07 Å². The molecule has 0 radical (unpaired) electrons. The van der Waals surface area contributed by atoms with Crippen LogP contribution in [0.2, 0.25) is 0 Å². The number of rotatable bonds is 5. The minimum absolute atomic E-state index is 0.0465. The van der Waals surface area contributed by atoms with Crippen LogP contribution in [0.1, 0.15) is 6.92 Å². The van der Waals surface area contributed by atoms with Crippen molar-refractivity contribution >= 4 is 26.0 Å². The molecule has 0 fully saturated rings. The van der Waals surface area contributed by atoms with E-state index in [1.54, 1.807) is 26.2 Å². The zero-order valence-electron chi connectivity index (χ0n) is 9.51. The van der Waals surface area contributed by atoms with Crippen molar-refractivity contribution in [2.75, 3.05) is 13.7 Å². The van der Waals surface area contributed by atoms with Crippen molar-refractivity contribution in [2.45, 2.75) is 17.9 Å². The van der Waals surface area contributed by atoms with Crippen molar-refractivity contribution in [3.05, 3.63) is 22.7 Å². The number of hydrogen-bond donors (Lipinski definition) is 1. The number of benzene rings is 1. The summed E-state index contributed by atoms with van der Waals surface area (Å²) in [7, 11) is -2.27. The normalized spacial score (nSPS) is 13.4. The summed E-state index contributed by atoms with van der Waals surface area (Å²) in [6.45, 7) is 2.14. The molecule has 0 heterocycles. The Morgan fingerprint density at radius 3 is 2.65 bits per heavy atom. The van der Waals surface area contributed by atoms with Crippen molar-refractivity contribution in [3.63, 3.8) is 0 Å². The summed E-state index contributed by atoms with van der Waals surface area (Å²) in [4.78, 5) is -0.0465. The standard InChI is InChI=1S/C10H14BrNO4S/c1-7(6-15-2)16-9-4-3-8(11)5-10(9)17(12,13)14/h3-5,7H,6H2,1-2H3,(H2,12,13,14). The lowest BCUT2D eigenvalue weighted by molar-refractivity contribution is 0.0901. The first kappa shape index (κ1) is 14.4. The van der Waals surface area contributed by atoms with Crippen LogP contribution in [-0.2, 0) is 14.8 Å². The van der Waals surface area contributed by atoms with Crippen LogP contribution >= 0.6 is 15.9 Å². The molecule has 5 nitrogen and oxygen atoms in total. The average Bonchev–Trinajstić information content (AvgIpc) is 2.19. The molecule has 1 atom stereocenters. The predicted molar refractivity (Wildman–Crippen MR) is 67.5 cm³/mol. The van der Waals surface area contributed by atoms with Crippen LogP contribution in [0.15, 0.2) is 27.6 Å². The maximum absolute atomic E-state index is 11.4. The molecule has 96 valence electrons. The van der Waals surface area contributed by atoms with Gasteiger partial charge in [0, 0.05) is 11.6 Å². The minimum atomic E-state index is -3.81. The van der Waals surface area contributed by atoms with Crippen molar-refractivity contribution in [2.24, 2.45) is 5.14 Å². The van der Waals surface area contributed by atoms with Crippen LogP contribution in [0, 0.1) is 0 Å². The lowest BCUT2D eigenvalue weighted by atomic mass is 10.3. The first-order valence-electron chi connectivity index (χ1n) is 4.82. The van der Waals surface area contributed by atoms with E-state index in [-0.39, 0.29) is 16.7 Å². The smallest absolute Gasteiger partial charge is 0.241 e. The summed E-state index contributed by atoms with van der Waals surface area (Å²) in [6.07, 6.45) is -0.262. The van der Waals surface area contributed by atoms with Gasteiger partial charge in [-0.05, 0) is 25.1 Å². The fourth-order valence-corrected chi connectivity index (χ4v) is 2.49. The van der Waals surface area contributed by atoms with E-state index < -0.39 is 10.0 Å². The summed E-state index contributed by atoms with van der Waals surface area (Å²) in [6, 6.07) is 4.64. The van der Waals surface area contributed by atoms with E-state index in [1.807, 2.05) is 0 Å². The molecular formula is C10H14BrNO4S. The van der Waals surface area contributed by atoms with Crippen molar-refractivity contribution in [3.8, 4) is 5.75 Å². The van der Waals surface area contributed by atoms with Gasteiger partial charge in [0.25, 0.3) is 0 Å². The fraction of sp³-hybridized carbons (Fsp3) is 0.400. The zero-order chi connectivity index (χ0) is 13.1. The predicted octanol–water partition coefficient (Wildman–Crippen LogP) is 1.51. The van der Waals surface area contributed by atoms with Crippen LogP contribution in [0.25, 0.3) is 0 Å². The molecule has 1 rings (SSSR count). The van der Waals surface area contributed by atoms with E-state index in [2.05, 4.69) is 15.9 Å². The van der Waals surface area contributed by atoms with Crippen molar-refractivity contribution in [1.29, 1.82) is 0 Å². The summed E-state index contributed by atoms with van der Waals surface area (Å²) >= 11 is 3.19. The second-order valence-corrected chi connectivity index (χ2v) is 5.97. The van der Waals surface area contributed by atoms with Gasteiger partial charge >= 0.3 is 0 Å². The summed E-state index contributed by atoms with van der Waals surface area (Å²) in [5, 5.41) is 5.12. The van der Waals surface area contributed by atoms with Gasteiger partial charge < -0.3 is 9.47 Å². The highest BCUT2D eigenvalue weighted by Gasteiger charge is 2.17. The third-order valence-corrected chi connectivity index (χ3v) is 3.37. The molecule has 0 spiro atoms. The Bertz CT molecular complexity index is 489. The van der Waals surface area contributed by atoms with Gasteiger partial charge in [0.2, 0.25) is 10.0 Å². The van der Waals surface area contributed by atoms with Crippen LogP contribution in [0.5, 0.6) is 5.75 Å². The number of nitrogens with two attached hydrogens (primary N) is 1. The molecule has 0 bridgehead atoms. The number of methoxy groups -OCH3 is 1. The fourth-order valence-electron chi connectivity index (χ4n) is 1.29. The first-order chi connectivity index (χ1) is 7.84. The largest absolute Gasteiger partial charge is 0.487 e. The van der Waals surface area contributed by atoms with Gasteiger partial charge in [-0.25, -0.2) is 13.6 Å². The van der Waals surface area contributed by atoms with Gasteiger partial charge in [-0.15, -0.1) is 0 Å². The van der Waals surface area contributed by atoms with Gasteiger partial charge in [0.1, 0.15) is 16.7 Å². The lowest BCUT2D eigenvalue weighted by Gasteiger charge is -2.16. The topological polar surface area (TPSA) is 78.6 Å². The monoisotopic (exact) mass is 323 g/mol. The summed E-state index contributed by atoms with van der Waals surface area (Å²) < 4.78 is 33.8. The van der Waals surface area contributed by atoms with Gasteiger partial charge in [-0.1, -0.05) is 15.9 Å². The molecule has 2 N–H and O–H groups in total. The summed E-state index contributed by atoms with van der Waals surface area (Å²) in [5.41, 5.74) is 0. The van der Waals surface area contributed by atoms with Gasteiger partial charge in [0.15, 0.2) is 0 Å². The third-order valence-electron chi connectivity index (χ3n) is 1.94. The Morgan fingerprint density at radius 1 is 1.47 bits per heavy atom. The Hall–Kier alpha value is -0.630. The third kappa shape index (κ3) is 4.27. The quantitative estimate of drug-likeness (QED) is 0.890. The molecule has 1 unspecified atom stereocenters. The molecule has 0 aliphatic carbocycles. The molecule has 0 aliphatic rings. The maximum Gasteiger partial charge on any atom is 0.241 e. The highest BCUT2D eigenvalue weighted by atomic mass is 79.9. The lowest BCUT2D eigenvalue weighted by Crippen LogP contribution is -2.21. The highest BCUT2D eigenvalue weighted by molar-refractivity contribution is 9.10. The van der Waals surface area contributed by atoms with Gasteiger partial charge in [0.05, 0.1) is 6.61 Å². The van der Waals surface area contributed by atoms with Gasteiger partial charge in [-0.3, -0.25) is 0 Å². The van der Waals surface area contributed by atoms with E-state index in [4.69, 9.17) is 14.6 Å². The number of primary sulfonamides is 1. The van der Waals surface area contributed by atoms with Crippen molar-refractivity contribution in [1.82, 2.24) is 0 Å². The molecule has 17 heavy (non-hydrogen) atoms. The number of ether oxygens (including phenoxy) is 2. The second kappa shape index (κ2) is 5.81. The van der Waals surface area contributed by atoms with Crippen LogP contribution in [0.3, 0.4) is 0 Å². The Labute approximate surface area is 109 Å². The van der Waals surface area contributed by atoms with E-state index in [9.17, 15) is 8.42 Å². The Balaban J connectivity index is 3.07. The zero-order valence-corrected chi connectivity index (χ0v) is 11.9. The van der Waals surface area contributed by atoms with E-state index >= 15 is 0 Å².